The van der Waals surface area contributed by atoms with E-state index in [1.165, 1.54) is 12.1 Å². The molecule has 0 unspecified atom stereocenters. The van der Waals surface area contributed by atoms with Crippen molar-refractivity contribution in [2.75, 3.05) is 0 Å². The fourth-order valence-corrected chi connectivity index (χ4v) is 2.23. The number of carbonyl (C=O) groups excluding carboxylic acids is 1. The lowest BCUT2D eigenvalue weighted by Crippen LogP contribution is -2.06. The molecule has 1 nitrogen and oxygen atoms in total. The lowest BCUT2D eigenvalue weighted by atomic mass is 9.99. The summed E-state index contributed by atoms with van der Waals surface area (Å²) in [6.45, 7) is 0. The van der Waals surface area contributed by atoms with Crippen molar-refractivity contribution in [2.24, 2.45) is 0 Å². The maximum Gasteiger partial charge on any atom is 0.191 e. The highest BCUT2D eigenvalue weighted by atomic mass is 35.5. The molecule has 3 heteroatoms. The van der Waals surface area contributed by atoms with E-state index in [9.17, 15) is 9.18 Å². The maximum atomic E-state index is 13.6. The van der Waals surface area contributed by atoms with E-state index < -0.39 is 5.82 Å². The highest BCUT2D eigenvalue weighted by molar-refractivity contribution is 6.30. The lowest BCUT2D eigenvalue weighted by Gasteiger charge is -2.06. The monoisotopic (exact) mass is 252 g/mol. The third kappa shape index (κ3) is 2.95. The van der Waals surface area contributed by atoms with Gasteiger partial charge in [-0.15, -0.1) is 0 Å². The summed E-state index contributed by atoms with van der Waals surface area (Å²) in [6, 6.07) is 4.20. The molecule has 1 aliphatic carbocycles. The smallest absolute Gasteiger partial charge is 0.191 e. The zero-order chi connectivity index (χ0) is 12.3. The molecule has 0 aliphatic heterocycles. The highest BCUT2D eigenvalue weighted by Gasteiger charge is 2.17. The Morgan fingerprint density at radius 1 is 1.24 bits per heavy atom. The third-order valence-corrected chi connectivity index (χ3v) is 3.24. The minimum atomic E-state index is -0.535. The van der Waals surface area contributed by atoms with Crippen LogP contribution in [0.2, 0.25) is 5.02 Å². The highest BCUT2D eigenvalue weighted by Crippen LogP contribution is 2.23. The van der Waals surface area contributed by atoms with Crippen molar-refractivity contribution in [3.05, 3.63) is 46.3 Å². The molecule has 0 heterocycles. The Hall–Kier alpha value is -1.15. The van der Waals surface area contributed by atoms with Crippen molar-refractivity contribution in [1.29, 1.82) is 0 Å². The molecular formula is C14H14ClFO. The van der Waals surface area contributed by atoms with E-state index in [1.54, 1.807) is 6.07 Å². The SMILES string of the molecule is O=C(C1=CCCCCC1)c1ccc(Cl)cc1F. The predicted molar refractivity (Wildman–Crippen MR) is 66.9 cm³/mol. The summed E-state index contributed by atoms with van der Waals surface area (Å²) in [5.41, 5.74) is 0.867. The van der Waals surface area contributed by atoms with Crippen LogP contribution in [0, 0.1) is 5.82 Å². The second-order valence-electron chi connectivity index (χ2n) is 4.28. The third-order valence-electron chi connectivity index (χ3n) is 3.01. The molecule has 1 aliphatic rings. The van der Waals surface area contributed by atoms with Crippen LogP contribution in [0.5, 0.6) is 0 Å². The minimum Gasteiger partial charge on any atom is -0.289 e. The van der Waals surface area contributed by atoms with Gasteiger partial charge in [-0.1, -0.05) is 24.1 Å². The summed E-state index contributed by atoms with van der Waals surface area (Å²) in [5, 5.41) is 0.314. The normalized spacial score (nSPS) is 16.2. The first kappa shape index (κ1) is 12.3. The largest absolute Gasteiger partial charge is 0.289 e. The summed E-state index contributed by atoms with van der Waals surface area (Å²) >= 11 is 5.67. The van der Waals surface area contributed by atoms with Crippen LogP contribution < -0.4 is 0 Å². The van der Waals surface area contributed by atoms with Crippen molar-refractivity contribution in [1.82, 2.24) is 0 Å². The van der Waals surface area contributed by atoms with E-state index in [2.05, 4.69) is 0 Å². The average Bonchev–Trinajstić information content (AvgIpc) is 2.56. The number of allylic oxidation sites excluding steroid dienone is 2. The van der Waals surface area contributed by atoms with Crippen molar-refractivity contribution in [3.63, 3.8) is 0 Å². The molecule has 0 atom stereocenters. The van der Waals surface area contributed by atoms with Gasteiger partial charge in [0.15, 0.2) is 5.78 Å². The maximum absolute atomic E-state index is 13.6. The molecule has 0 fully saturated rings. The fraction of sp³-hybridized carbons (Fsp3) is 0.357. The van der Waals surface area contributed by atoms with Crippen LogP contribution in [0.3, 0.4) is 0 Å². The first-order chi connectivity index (χ1) is 8.18. The number of rotatable bonds is 2. The standard InChI is InChI=1S/C14H14ClFO/c15-11-7-8-12(13(16)9-11)14(17)10-5-3-1-2-4-6-10/h5,7-9H,1-4,6H2. The molecule has 0 saturated heterocycles. The van der Waals surface area contributed by atoms with Gasteiger partial charge in [-0.3, -0.25) is 4.79 Å². The van der Waals surface area contributed by atoms with E-state index >= 15 is 0 Å². The van der Waals surface area contributed by atoms with Gasteiger partial charge < -0.3 is 0 Å². The zero-order valence-corrected chi connectivity index (χ0v) is 10.3. The van der Waals surface area contributed by atoms with Crippen LogP contribution in [0.15, 0.2) is 29.8 Å². The molecule has 1 aromatic rings. The molecule has 17 heavy (non-hydrogen) atoms. The van der Waals surface area contributed by atoms with Crippen molar-refractivity contribution in [3.8, 4) is 0 Å². The summed E-state index contributed by atoms with van der Waals surface area (Å²) in [5.74, 6) is -0.728. The molecular weight excluding hydrogens is 239 g/mol. The van der Waals surface area contributed by atoms with Gasteiger partial charge in [0.25, 0.3) is 0 Å². The summed E-state index contributed by atoms with van der Waals surface area (Å²) in [7, 11) is 0. The molecule has 0 aromatic heterocycles. The molecule has 1 aromatic carbocycles. The van der Waals surface area contributed by atoms with Crippen LogP contribution >= 0.6 is 11.6 Å². The number of Topliss-reactive ketones (excluding diaryl/α,β-unsaturated/α-hetero) is 1. The Morgan fingerprint density at radius 2 is 2.06 bits per heavy atom. The predicted octanol–water partition coefficient (Wildman–Crippen LogP) is 4.55. The van der Waals surface area contributed by atoms with Gasteiger partial charge in [-0.05, 0) is 49.5 Å². The van der Waals surface area contributed by atoms with Gasteiger partial charge in [0, 0.05) is 5.02 Å². The Kier molecular flexibility index (Phi) is 3.95. The lowest BCUT2D eigenvalue weighted by molar-refractivity contribution is 0.102. The van der Waals surface area contributed by atoms with Crippen molar-refractivity contribution < 1.29 is 9.18 Å². The van der Waals surface area contributed by atoms with Crippen LogP contribution in [-0.2, 0) is 0 Å². The molecule has 0 saturated carbocycles. The second-order valence-corrected chi connectivity index (χ2v) is 4.72. The molecule has 2 rings (SSSR count). The minimum absolute atomic E-state index is 0.127. The second kappa shape index (κ2) is 5.46. The first-order valence-corrected chi connectivity index (χ1v) is 6.25. The number of halogens is 2. The van der Waals surface area contributed by atoms with Gasteiger partial charge in [-0.2, -0.15) is 0 Å². The van der Waals surface area contributed by atoms with E-state index in [0.29, 0.717) is 5.02 Å². The van der Waals surface area contributed by atoms with Gasteiger partial charge in [0.2, 0.25) is 0 Å². The Labute approximate surface area is 105 Å². The first-order valence-electron chi connectivity index (χ1n) is 5.87. The van der Waals surface area contributed by atoms with E-state index in [0.717, 1.165) is 37.7 Å². The molecule has 0 bridgehead atoms. The Bertz CT molecular complexity index is 465. The van der Waals surface area contributed by atoms with E-state index in [-0.39, 0.29) is 11.3 Å². The molecule has 0 spiro atoms. The van der Waals surface area contributed by atoms with Crippen LogP contribution in [0.25, 0.3) is 0 Å². The van der Waals surface area contributed by atoms with E-state index in [1.807, 2.05) is 6.08 Å². The quantitative estimate of drug-likeness (QED) is 0.706. The number of hydrogen-bond donors (Lipinski definition) is 0. The fourth-order valence-electron chi connectivity index (χ4n) is 2.07. The number of carbonyl (C=O) groups is 1. The van der Waals surface area contributed by atoms with Gasteiger partial charge >= 0.3 is 0 Å². The zero-order valence-electron chi connectivity index (χ0n) is 9.51. The van der Waals surface area contributed by atoms with Gasteiger partial charge in [0.1, 0.15) is 5.82 Å². The van der Waals surface area contributed by atoms with Crippen molar-refractivity contribution in [2.45, 2.75) is 32.1 Å². The van der Waals surface area contributed by atoms with Crippen LogP contribution in [0.1, 0.15) is 42.5 Å². The number of benzene rings is 1. The average molecular weight is 253 g/mol. The summed E-state index contributed by atoms with van der Waals surface area (Å²) in [4.78, 5) is 12.1. The molecule has 0 radical (unpaired) electrons. The Morgan fingerprint density at radius 3 is 2.82 bits per heavy atom. The molecule has 0 amide bonds. The summed E-state index contributed by atoms with van der Waals surface area (Å²) in [6.07, 6.45) is 6.86. The van der Waals surface area contributed by atoms with E-state index in [4.69, 9.17) is 11.6 Å². The number of ketones is 1. The van der Waals surface area contributed by atoms with Crippen LogP contribution in [-0.4, -0.2) is 5.78 Å². The van der Waals surface area contributed by atoms with Gasteiger partial charge in [0.05, 0.1) is 5.56 Å². The topological polar surface area (TPSA) is 17.1 Å². The summed E-state index contributed by atoms with van der Waals surface area (Å²) < 4.78 is 13.6. The molecule has 90 valence electrons. The van der Waals surface area contributed by atoms with Crippen molar-refractivity contribution >= 4 is 17.4 Å². The molecule has 0 N–H and O–H groups in total. The van der Waals surface area contributed by atoms with Gasteiger partial charge in [-0.25, -0.2) is 4.39 Å². The van der Waals surface area contributed by atoms with Crippen LogP contribution in [0.4, 0.5) is 4.39 Å². The number of hydrogen-bond acceptors (Lipinski definition) is 1. The Balaban J connectivity index is 2.27.